The Hall–Kier alpha value is 0.660. The zero-order chi connectivity index (χ0) is 6.41. The fraction of sp³-hybridized carbons (Fsp3) is 1.00. The van der Waals surface area contributed by atoms with Crippen LogP contribution in [0, 0.1) is 0 Å². The van der Waals surface area contributed by atoms with Crippen molar-refractivity contribution in [2.45, 2.75) is 18.9 Å². The lowest BCUT2D eigenvalue weighted by Crippen LogP contribution is -2.21. The highest BCUT2D eigenvalue weighted by Gasteiger charge is 1.95. The van der Waals surface area contributed by atoms with Crippen molar-refractivity contribution < 1.29 is 0 Å². The van der Waals surface area contributed by atoms with E-state index in [2.05, 4.69) is 25.3 Å². The molecule has 0 fully saturated rings. The number of nitrogens with two attached hydrogens (primary N) is 1. The minimum Gasteiger partial charge on any atom is -0.327 e. The second kappa shape index (κ2) is 5.79. The van der Waals surface area contributed by atoms with E-state index in [0.717, 1.165) is 24.3 Å². The lowest BCUT2D eigenvalue weighted by molar-refractivity contribution is 0.667. The molecule has 0 spiro atoms. The van der Waals surface area contributed by atoms with E-state index in [0.29, 0.717) is 0 Å². The molecule has 0 saturated heterocycles. The monoisotopic (exact) mass is 151 g/mol. The van der Waals surface area contributed by atoms with Crippen molar-refractivity contribution >= 4 is 25.3 Å². The largest absolute Gasteiger partial charge is 0.327 e. The molecule has 0 aromatic heterocycles. The van der Waals surface area contributed by atoms with Gasteiger partial charge >= 0.3 is 0 Å². The van der Waals surface area contributed by atoms with E-state index in [1.807, 2.05) is 0 Å². The van der Waals surface area contributed by atoms with E-state index in [9.17, 15) is 0 Å². The van der Waals surface area contributed by atoms with Crippen LogP contribution < -0.4 is 5.73 Å². The Bertz CT molecular complexity index is 49.7. The van der Waals surface area contributed by atoms with Crippen molar-refractivity contribution in [1.29, 1.82) is 0 Å². The van der Waals surface area contributed by atoms with E-state index >= 15 is 0 Å². The molecule has 50 valence electrons. The Morgan fingerprint density at radius 1 is 1.38 bits per heavy atom. The third-order valence-electron chi connectivity index (χ3n) is 0.968. The van der Waals surface area contributed by atoms with Gasteiger partial charge in [0.2, 0.25) is 0 Å². The van der Waals surface area contributed by atoms with Crippen molar-refractivity contribution in [3.63, 3.8) is 0 Å². The van der Waals surface area contributed by atoms with Gasteiger partial charge in [-0.3, -0.25) is 0 Å². The SMILES string of the molecule is N[C@@H](CS)CCCS. The molecule has 0 aromatic carbocycles. The predicted octanol–water partition coefficient (Wildman–Crippen LogP) is 0.954. The molecule has 8 heavy (non-hydrogen) atoms. The average molecular weight is 151 g/mol. The summed E-state index contributed by atoms with van der Waals surface area (Å²) in [5.74, 6) is 1.72. The Balaban J connectivity index is 2.86. The first-order chi connectivity index (χ1) is 3.81. The summed E-state index contributed by atoms with van der Waals surface area (Å²) < 4.78 is 0. The van der Waals surface area contributed by atoms with Gasteiger partial charge in [-0.25, -0.2) is 0 Å². The van der Waals surface area contributed by atoms with E-state index in [-0.39, 0.29) is 6.04 Å². The molecule has 0 saturated carbocycles. The van der Waals surface area contributed by atoms with Gasteiger partial charge in [0, 0.05) is 11.8 Å². The Kier molecular flexibility index (Phi) is 6.27. The molecule has 0 rings (SSSR count). The first-order valence-corrected chi connectivity index (χ1v) is 4.05. The van der Waals surface area contributed by atoms with Crippen molar-refractivity contribution in [3.05, 3.63) is 0 Å². The van der Waals surface area contributed by atoms with Crippen LogP contribution in [0.25, 0.3) is 0 Å². The van der Waals surface area contributed by atoms with Crippen molar-refractivity contribution in [3.8, 4) is 0 Å². The minimum atomic E-state index is 0.269. The smallest absolute Gasteiger partial charge is 0.0128 e. The maximum Gasteiger partial charge on any atom is 0.0128 e. The summed E-state index contributed by atoms with van der Waals surface area (Å²) in [5, 5.41) is 0. The van der Waals surface area contributed by atoms with Crippen LogP contribution in [-0.4, -0.2) is 17.5 Å². The Morgan fingerprint density at radius 2 is 2.00 bits per heavy atom. The fourth-order valence-electron chi connectivity index (χ4n) is 0.445. The first-order valence-electron chi connectivity index (χ1n) is 2.78. The van der Waals surface area contributed by atoms with Gasteiger partial charge in [-0.15, -0.1) is 0 Å². The summed E-state index contributed by atoms with van der Waals surface area (Å²) in [7, 11) is 0. The van der Waals surface area contributed by atoms with Crippen LogP contribution in [0.2, 0.25) is 0 Å². The molecule has 0 radical (unpaired) electrons. The summed E-state index contributed by atoms with van der Waals surface area (Å²) in [6, 6.07) is 0.269. The zero-order valence-corrected chi connectivity index (χ0v) is 6.67. The molecule has 3 heteroatoms. The van der Waals surface area contributed by atoms with E-state index < -0.39 is 0 Å². The quantitative estimate of drug-likeness (QED) is 0.513. The summed E-state index contributed by atoms with van der Waals surface area (Å²) >= 11 is 8.09. The highest BCUT2D eigenvalue weighted by Crippen LogP contribution is 1.96. The third kappa shape index (κ3) is 4.81. The molecular weight excluding hydrogens is 138 g/mol. The predicted molar refractivity (Wildman–Crippen MR) is 44.9 cm³/mol. The fourth-order valence-corrected chi connectivity index (χ4v) is 0.810. The lowest BCUT2D eigenvalue weighted by Gasteiger charge is -2.04. The van der Waals surface area contributed by atoms with Gasteiger partial charge in [0.1, 0.15) is 0 Å². The zero-order valence-electron chi connectivity index (χ0n) is 4.88. The summed E-state index contributed by atoms with van der Waals surface area (Å²) in [6.07, 6.45) is 2.15. The standard InChI is InChI=1S/C5H13NS2/c6-5(4-8)2-1-3-7/h5,7-8H,1-4,6H2/t5-/m1/s1. The Labute approximate surface area is 61.8 Å². The van der Waals surface area contributed by atoms with Crippen molar-refractivity contribution in [2.24, 2.45) is 5.73 Å². The molecule has 1 nitrogen and oxygen atoms in total. The summed E-state index contributed by atoms with van der Waals surface area (Å²) in [4.78, 5) is 0. The molecule has 0 heterocycles. The average Bonchev–Trinajstić information content (AvgIpc) is 1.83. The van der Waals surface area contributed by atoms with Crippen LogP contribution in [0.1, 0.15) is 12.8 Å². The van der Waals surface area contributed by atoms with Crippen LogP contribution >= 0.6 is 25.3 Å². The second-order valence-corrected chi connectivity index (χ2v) is 2.62. The second-order valence-electron chi connectivity index (χ2n) is 1.81. The molecule has 2 N–H and O–H groups in total. The van der Waals surface area contributed by atoms with Crippen molar-refractivity contribution in [2.75, 3.05) is 11.5 Å². The van der Waals surface area contributed by atoms with E-state index in [1.54, 1.807) is 0 Å². The normalized spacial score (nSPS) is 13.9. The maximum atomic E-state index is 5.55. The van der Waals surface area contributed by atoms with Gasteiger partial charge < -0.3 is 5.73 Å². The first kappa shape index (κ1) is 8.66. The summed E-state index contributed by atoms with van der Waals surface area (Å²) in [6.45, 7) is 0. The Morgan fingerprint density at radius 3 is 2.38 bits per heavy atom. The number of rotatable bonds is 4. The molecular formula is C5H13NS2. The maximum absolute atomic E-state index is 5.55. The number of thiol groups is 2. The van der Waals surface area contributed by atoms with Gasteiger partial charge in [-0.1, -0.05) is 0 Å². The number of hydrogen-bond donors (Lipinski definition) is 3. The molecule has 0 aliphatic carbocycles. The summed E-state index contributed by atoms with van der Waals surface area (Å²) in [5.41, 5.74) is 5.55. The molecule has 0 aliphatic heterocycles. The van der Waals surface area contributed by atoms with Gasteiger partial charge in [0.25, 0.3) is 0 Å². The topological polar surface area (TPSA) is 26.0 Å². The highest BCUT2D eigenvalue weighted by atomic mass is 32.1. The van der Waals surface area contributed by atoms with Gasteiger partial charge in [-0.2, -0.15) is 25.3 Å². The molecule has 0 bridgehead atoms. The van der Waals surface area contributed by atoms with Crippen LogP contribution in [0.15, 0.2) is 0 Å². The van der Waals surface area contributed by atoms with E-state index in [4.69, 9.17) is 5.73 Å². The van der Waals surface area contributed by atoms with Crippen molar-refractivity contribution in [1.82, 2.24) is 0 Å². The minimum absolute atomic E-state index is 0.269. The molecule has 1 atom stereocenters. The van der Waals surface area contributed by atoms with Gasteiger partial charge in [0.15, 0.2) is 0 Å². The lowest BCUT2D eigenvalue weighted by atomic mass is 10.2. The molecule has 0 aliphatic rings. The molecule has 0 aromatic rings. The van der Waals surface area contributed by atoms with Gasteiger partial charge in [0.05, 0.1) is 0 Å². The van der Waals surface area contributed by atoms with Gasteiger partial charge in [-0.05, 0) is 18.6 Å². The van der Waals surface area contributed by atoms with Crippen LogP contribution in [0.3, 0.4) is 0 Å². The highest BCUT2D eigenvalue weighted by molar-refractivity contribution is 7.80. The van der Waals surface area contributed by atoms with Crippen LogP contribution in [0.4, 0.5) is 0 Å². The van der Waals surface area contributed by atoms with E-state index in [1.165, 1.54) is 0 Å². The third-order valence-corrected chi connectivity index (χ3v) is 1.75. The van der Waals surface area contributed by atoms with Crippen LogP contribution in [-0.2, 0) is 0 Å². The molecule has 0 unspecified atom stereocenters. The van der Waals surface area contributed by atoms with Crippen LogP contribution in [0.5, 0.6) is 0 Å². The number of hydrogen-bond acceptors (Lipinski definition) is 3. The molecule has 0 amide bonds.